The van der Waals surface area contributed by atoms with Crippen LogP contribution in [0.4, 0.5) is 0 Å². The van der Waals surface area contributed by atoms with Gasteiger partial charge in [-0.25, -0.2) is 4.79 Å². The molecule has 5 rings (SSSR count). The normalized spacial score (nSPS) is 20.4. The van der Waals surface area contributed by atoms with Crippen LogP contribution in [0.1, 0.15) is 62.7 Å². The summed E-state index contributed by atoms with van der Waals surface area (Å²) < 4.78 is 46.0. The summed E-state index contributed by atoms with van der Waals surface area (Å²) in [7, 11) is 8.01. The van der Waals surface area contributed by atoms with Crippen LogP contribution < -0.4 is 14.2 Å². The second-order valence-corrected chi connectivity index (χ2v) is 13.8. The van der Waals surface area contributed by atoms with E-state index in [2.05, 4.69) is 4.90 Å². The second-order valence-electron chi connectivity index (χ2n) is 13.8. The van der Waals surface area contributed by atoms with Crippen molar-refractivity contribution in [2.45, 2.75) is 70.1 Å². The number of morpholine rings is 1. The SMILES string of the molecule is CC[C@H](C(=O)N1CCCC[C@H]1C(=O)O[C@H](CCc1ccc(OC)c(OC)c1)c1cccc(OCCN2CCOCC2)c1)C1=CC(OC)=C(OC)C(OC)C1. The summed E-state index contributed by atoms with van der Waals surface area (Å²) in [6.45, 7) is 7.06. The summed E-state index contributed by atoms with van der Waals surface area (Å²) in [6, 6.07) is 12.9. The van der Waals surface area contributed by atoms with Crippen LogP contribution in [0.15, 0.2) is 65.6 Å². The Morgan fingerprint density at radius 3 is 2.41 bits per heavy atom. The Balaban J connectivity index is 1.36. The van der Waals surface area contributed by atoms with Crippen LogP contribution >= 0.6 is 0 Å². The molecule has 296 valence electrons. The van der Waals surface area contributed by atoms with E-state index in [9.17, 15) is 9.59 Å². The van der Waals surface area contributed by atoms with Crippen molar-refractivity contribution in [3.8, 4) is 17.2 Å². The van der Waals surface area contributed by atoms with Gasteiger partial charge in [0, 0.05) is 39.7 Å². The van der Waals surface area contributed by atoms with Crippen LogP contribution in [-0.4, -0.2) is 115 Å². The van der Waals surface area contributed by atoms with Crippen LogP contribution in [0.25, 0.3) is 0 Å². The number of allylic oxidation sites excluding steroid dienone is 1. The van der Waals surface area contributed by atoms with Gasteiger partial charge in [0.25, 0.3) is 0 Å². The second kappa shape index (κ2) is 20.4. The van der Waals surface area contributed by atoms with Crippen LogP contribution in [0.2, 0.25) is 0 Å². The van der Waals surface area contributed by atoms with Gasteiger partial charge in [-0.2, -0.15) is 0 Å². The molecule has 54 heavy (non-hydrogen) atoms. The number of aryl methyl sites for hydroxylation is 1. The topological polar surface area (TPSA) is 114 Å². The number of rotatable bonds is 18. The first-order valence-electron chi connectivity index (χ1n) is 19.1. The highest BCUT2D eigenvalue weighted by Gasteiger charge is 2.40. The molecule has 0 bridgehead atoms. The van der Waals surface area contributed by atoms with E-state index < -0.39 is 24.0 Å². The minimum atomic E-state index is -0.703. The van der Waals surface area contributed by atoms with Gasteiger partial charge >= 0.3 is 5.97 Å². The van der Waals surface area contributed by atoms with Gasteiger partial charge in [0.1, 0.15) is 30.6 Å². The van der Waals surface area contributed by atoms with Gasteiger partial charge in [-0.05, 0) is 80.0 Å². The van der Waals surface area contributed by atoms with E-state index in [-0.39, 0.29) is 12.0 Å². The summed E-state index contributed by atoms with van der Waals surface area (Å²) in [5, 5.41) is 0. The average molecular weight is 751 g/mol. The van der Waals surface area contributed by atoms with Crippen molar-refractivity contribution in [1.82, 2.24) is 9.80 Å². The van der Waals surface area contributed by atoms with E-state index in [4.69, 9.17) is 37.9 Å². The molecule has 0 N–H and O–H groups in total. The fourth-order valence-corrected chi connectivity index (χ4v) is 7.59. The molecule has 12 heteroatoms. The summed E-state index contributed by atoms with van der Waals surface area (Å²) in [6.07, 6.45) is 5.27. The Bertz CT molecular complexity index is 1600. The molecule has 0 spiro atoms. The third-order valence-corrected chi connectivity index (χ3v) is 10.6. The van der Waals surface area contributed by atoms with Crippen molar-refractivity contribution in [2.24, 2.45) is 5.92 Å². The lowest BCUT2D eigenvalue weighted by atomic mass is 9.85. The number of carbonyl (C=O) groups is 2. The fraction of sp³-hybridized carbons (Fsp3) is 0.571. The van der Waals surface area contributed by atoms with Gasteiger partial charge in [0.15, 0.2) is 23.0 Å². The van der Waals surface area contributed by atoms with E-state index in [0.29, 0.717) is 74.0 Å². The van der Waals surface area contributed by atoms with E-state index in [1.54, 1.807) is 40.4 Å². The minimum absolute atomic E-state index is 0.0888. The maximum atomic E-state index is 14.4. The summed E-state index contributed by atoms with van der Waals surface area (Å²) in [5.41, 5.74) is 2.74. The molecular formula is C42H58N2O10. The molecule has 2 fully saturated rings. The first kappa shape index (κ1) is 40.9. The summed E-state index contributed by atoms with van der Waals surface area (Å²) in [4.78, 5) is 32.8. The number of nitrogens with zero attached hydrogens (tertiary/aromatic N) is 2. The van der Waals surface area contributed by atoms with Crippen molar-refractivity contribution in [2.75, 3.05) is 81.5 Å². The van der Waals surface area contributed by atoms with Gasteiger partial charge < -0.3 is 42.8 Å². The van der Waals surface area contributed by atoms with Gasteiger partial charge in [0.05, 0.1) is 47.6 Å². The summed E-state index contributed by atoms with van der Waals surface area (Å²) >= 11 is 0. The van der Waals surface area contributed by atoms with Crippen molar-refractivity contribution in [3.63, 3.8) is 0 Å². The van der Waals surface area contributed by atoms with E-state index >= 15 is 0 Å². The molecule has 1 amide bonds. The number of methoxy groups -OCH3 is 5. The minimum Gasteiger partial charge on any atom is -0.494 e. The van der Waals surface area contributed by atoms with Gasteiger partial charge in [-0.1, -0.05) is 30.7 Å². The number of ether oxygens (including phenoxy) is 8. The zero-order chi connectivity index (χ0) is 38.5. The molecular weight excluding hydrogens is 692 g/mol. The lowest BCUT2D eigenvalue weighted by molar-refractivity contribution is -0.163. The molecule has 1 aliphatic carbocycles. The van der Waals surface area contributed by atoms with Crippen molar-refractivity contribution in [1.29, 1.82) is 0 Å². The Labute approximate surface area is 320 Å². The molecule has 2 aromatic rings. The Kier molecular flexibility index (Phi) is 15.5. The Hall–Kier alpha value is -4.26. The number of amides is 1. The molecule has 0 aromatic heterocycles. The molecule has 2 heterocycles. The number of hydrogen-bond acceptors (Lipinski definition) is 11. The van der Waals surface area contributed by atoms with Gasteiger partial charge in [-0.3, -0.25) is 9.69 Å². The van der Waals surface area contributed by atoms with Crippen molar-refractivity contribution < 1.29 is 47.5 Å². The number of benzene rings is 2. The Morgan fingerprint density at radius 2 is 1.70 bits per heavy atom. The largest absolute Gasteiger partial charge is 0.494 e. The smallest absolute Gasteiger partial charge is 0.329 e. The fourth-order valence-electron chi connectivity index (χ4n) is 7.59. The predicted octanol–water partition coefficient (Wildman–Crippen LogP) is 5.89. The van der Waals surface area contributed by atoms with E-state index in [1.807, 2.05) is 55.5 Å². The molecule has 12 nitrogen and oxygen atoms in total. The quantitative estimate of drug-likeness (QED) is 0.170. The third kappa shape index (κ3) is 10.3. The zero-order valence-electron chi connectivity index (χ0n) is 32.8. The van der Waals surface area contributed by atoms with Crippen molar-refractivity contribution >= 4 is 11.9 Å². The molecule has 0 radical (unpaired) electrons. The van der Waals surface area contributed by atoms with Gasteiger partial charge in [0.2, 0.25) is 5.91 Å². The average Bonchev–Trinajstić information content (AvgIpc) is 3.22. The highest BCUT2D eigenvalue weighted by atomic mass is 16.6. The molecule has 1 unspecified atom stereocenters. The van der Waals surface area contributed by atoms with Crippen LogP contribution in [-0.2, 0) is 39.7 Å². The standard InChI is InChI=1S/C42H58N2O10/c1-7-33(31-27-38(49-4)40(51-6)39(28-31)50-5)41(45)44-18-9-8-13-34(44)42(46)54-35(16-14-29-15-17-36(47-2)37(25-29)48-3)30-11-10-12-32(26-30)53-24-21-43-19-22-52-23-20-43/h10-12,15,17,25-27,33-35,39H,7-9,13-14,16,18-24,28H2,1-6H3/t33-,34-,35+,39?/m0/s1. The first-order chi connectivity index (χ1) is 26.3. The number of carbonyl (C=O) groups excluding carboxylic acids is 2. The maximum Gasteiger partial charge on any atom is 0.329 e. The van der Waals surface area contributed by atoms with Crippen LogP contribution in [0.5, 0.6) is 17.2 Å². The first-order valence-corrected chi connectivity index (χ1v) is 19.1. The Morgan fingerprint density at radius 1 is 0.907 bits per heavy atom. The predicted molar refractivity (Wildman–Crippen MR) is 204 cm³/mol. The maximum absolute atomic E-state index is 14.4. The summed E-state index contributed by atoms with van der Waals surface area (Å²) in [5.74, 6) is 2.18. The zero-order valence-corrected chi connectivity index (χ0v) is 32.8. The van der Waals surface area contributed by atoms with Crippen LogP contribution in [0, 0.1) is 5.92 Å². The molecule has 2 aromatic carbocycles. The van der Waals surface area contributed by atoms with Crippen LogP contribution in [0.3, 0.4) is 0 Å². The molecule has 3 aliphatic rings. The van der Waals surface area contributed by atoms with Gasteiger partial charge in [-0.15, -0.1) is 0 Å². The molecule has 4 atom stereocenters. The molecule has 0 saturated carbocycles. The van der Waals surface area contributed by atoms with E-state index in [0.717, 1.165) is 62.4 Å². The van der Waals surface area contributed by atoms with Crippen molar-refractivity contribution in [3.05, 3.63) is 76.8 Å². The number of hydrogen-bond donors (Lipinski definition) is 0. The molecule has 2 saturated heterocycles. The highest BCUT2D eigenvalue weighted by molar-refractivity contribution is 5.88. The number of likely N-dealkylation sites (tertiary alicyclic amines) is 1. The highest BCUT2D eigenvalue weighted by Crippen LogP contribution is 2.36. The lowest BCUT2D eigenvalue weighted by Crippen LogP contribution is -2.51. The molecule has 2 aliphatic heterocycles. The third-order valence-electron chi connectivity index (χ3n) is 10.6. The van der Waals surface area contributed by atoms with E-state index in [1.165, 1.54) is 0 Å². The number of piperidine rings is 1. The monoisotopic (exact) mass is 750 g/mol. The number of esters is 1. The lowest BCUT2D eigenvalue weighted by Gasteiger charge is -2.38.